The first-order chi connectivity index (χ1) is 8.72. The molecule has 92 valence electrons. The Kier molecular flexibility index (Phi) is 2.97. The lowest BCUT2D eigenvalue weighted by molar-refractivity contribution is 0.788. The van der Waals surface area contributed by atoms with Crippen molar-refractivity contribution in [2.24, 2.45) is 7.05 Å². The number of hydrogen-bond acceptors (Lipinski definition) is 4. The molecule has 18 heavy (non-hydrogen) atoms. The highest BCUT2D eigenvalue weighted by Gasteiger charge is 2.06. The summed E-state index contributed by atoms with van der Waals surface area (Å²) in [5, 5.41) is 9.44. The molecule has 0 aliphatic heterocycles. The molecule has 0 aliphatic rings. The zero-order chi connectivity index (χ0) is 12.5. The molecule has 0 bridgehead atoms. The van der Waals surface area contributed by atoms with Gasteiger partial charge in [0.1, 0.15) is 12.0 Å². The van der Waals surface area contributed by atoms with Gasteiger partial charge in [-0.25, -0.2) is 4.98 Å². The first-order valence-electron chi connectivity index (χ1n) is 5.32. The van der Waals surface area contributed by atoms with Crippen LogP contribution in [0.2, 0.25) is 5.02 Å². The molecule has 0 atom stereocenters. The monoisotopic (exact) mass is 279 g/mol. The fraction of sp³-hybridized carbons (Fsp3) is 0.182. The van der Waals surface area contributed by atoms with Gasteiger partial charge in [-0.2, -0.15) is 0 Å². The number of nitrogens with zero attached hydrogens (tertiary/aromatic N) is 5. The van der Waals surface area contributed by atoms with Crippen LogP contribution in [0.3, 0.4) is 0 Å². The van der Waals surface area contributed by atoms with Crippen molar-refractivity contribution in [2.75, 3.05) is 0 Å². The first-order valence-corrected chi connectivity index (χ1v) is 6.68. The lowest BCUT2D eigenvalue weighted by Gasteiger charge is -1.96. The van der Waals surface area contributed by atoms with Crippen LogP contribution >= 0.6 is 23.4 Å². The van der Waals surface area contributed by atoms with Crippen LogP contribution in [0.1, 0.15) is 5.69 Å². The van der Waals surface area contributed by atoms with E-state index in [4.69, 9.17) is 11.6 Å². The summed E-state index contributed by atoms with van der Waals surface area (Å²) in [4.78, 5) is 4.51. The lowest BCUT2D eigenvalue weighted by atomic mass is 10.5. The van der Waals surface area contributed by atoms with Gasteiger partial charge in [0.15, 0.2) is 5.16 Å². The van der Waals surface area contributed by atoms with Crippen LogP contribution in [0.15, 0.2) is 36.0 Å². The van der Waals surface area contributed by atoms with Gasteiger partial charge in [0.25, 0.3) is 0 Å². The average Bonchev–Trinajstić information content (AvgIpc) is 2.92. The quantitative estimate of drug-likeness (QED) is 0.691. The number of rotatable bonds is 3. The highest BCUT2D eigenvalue weighted by molar-refractivity contribution is 7.98. The summed E-state index contributed by atoms with van der Waals surface area (Å²) < 4.78 is 3.81. The Morgan fingerprint density at radius 2 is 2.22 bits per heavy atom. The molecule has 0 fully saturated rings. The van der Waals surface area contributed by atoms with Crippen molar-refractivity contribution in [1.29, 1.82) is 0 Å². The van der Waals surface area contributed by atoms with E-state index >= 15 is 0 Å². The van der Waals surface area contributed by atoms with E-state index in [1.54, 1.807) is 18.1 Å². The van der Waals surface area contributed by atoms with Gasteiger partial charge in [-0.3, -0.25) is 0 Å². The molecule has 3 aromatic heterocycles. The molecular formula is C11H10ClN5S. The van der Waals surface area contributed by atoms with E-state index in [2.05, 4.69) is 15.2 Å². The number of fused-ring (bicyclic) bond motifs is 1. The Bertz CT molecular complexity index is 690. The van der Waals surface area contributed by atoms with Crippen LogP contribution in [0.4, 0.5) is 0 Å². The topological polar surface area (TPSA) is 48.0 Å². The summed E-state index contributed by atoms with van der Waals surface area (Å²) in [7, 11) is 1.92. The molecular weight excluding hydrogens is 270 g/mol. The standard InChI is InChI=1S/C11H10ClN5S/c1-16-7-13-15-11(16)18-6-9-5-17-4-8(12)2-3-10(17)14-9/h2-5,7H,6H2,1H3. The highest BCUT2D eigenvalue weighted by Crippen LogP contribution is 2.20. The van der Waals surface area contributed by atoms with E-state index in [9.17, 15) is 0 Å². The van der Waals surface area contributed by atoms with Gasteiger partial charge in [-0.15, -0.1) is 10.2 Å². The van der Waals surface area contributed by atoms with Crippen molar-refractivity contribution in [1.82, 2.24) is 24.1 Å². The molecule has 5 nitrogen and oxygen atoms in total. The maximum Gasteiger partial charge on any atom is 0.191 e. The third-order valence-corrected chi connectivity index (χ3v) is 3.78. The number of imidazole rings is 1. The fourth-order valence-corrected chi connectivity index (χ4v) is 2.57. The summed E-state index contributed by atoms with van der Waals surface area (Å²) in [6, 6.07) is 3.74. The number of halogens is 1. The zero-order valence-corrected chi connectivity index (χ0v) is 11.2. The van der Waals surface area contributed by atoms with Gasteiger partial charge in [-0.1, -0.05) is 23.4 Å². The molecule has 0 amide bonds. The Balaban J connectivity index is 1.81. The second-order valence-electron chi connectivity index (χ2n) is 3.86. The van der Waals surface area contributed by atoms with Gasteiger partial charge in [0, 0.05) is 25.2 Å². The Labute approximate surface area is 113 Å². The van der Waals surface area contributed by atoms with E-state index in [1.165, 1.54) is 0 Å². The summed E-state index contributed by atoms with van der Waals surface area (Å²) in [6.07, 6.45) is 5.51. The summed E-state index contributed by atoms with van der Waals surface area (Å²) in [5.41, 5.74) is 1.89. The van der Waals surface area contributed by atoms with Crippen LogP contribution < -0.4 is 0 Å². The van der Waals surface area contributed by atoms with Gasteiger partial charge in [0.05, 0.1) is 10.7 Å². The van der Waals surface area contributed by atoms with Crippen molar-refractivity contribution in [3.63, 3.8) is 0 Å². The molecule has 0 N–H and O–H groups in total. The summed E-state index contributed by atoms with van der Waals surface area (Å²) in [6.45, 7) is 0. The third-order valence-electron chi connectivity index (χ3n) is 2.48. The summed E-state index contributed by atoms with van der Waals surface area (Å²) in [5.74, 6) is 0.756. The van der Waals surface area contributed by atoms with Crippen molar-refractivity contribution < 1.29 is 0 Å². The van der Waals surface area contributed by atoms with Crippen LogP contribution in [0.25, 0.3) is 5.65 Å². The number of hydrogen-bond donors (Lipinski definition) is 0. The Hall–Kier alpha value is -1.53. The van der Waals surface area contributed by atoms with Gasteiger partial charge >= 0.3 is 0 Å². The van der Waals surface area contributed by atoms with Crippen molar-refractivity contribution in [3.8, 4) is 0 Å². The second kappa shape index (κ2) is 4.62. The number of pyridine rings is 1. The number of thioether (sulfide) groups is 1. The molecule has 0 spiro atoms. The van der Waals surface area contributed by atoms with Gasteiger partial charge in [0.2, 0.25) is 0 Å². The molecule has 0 saturated carbocycles. The normalized spacial score (nSPS) is 11.2. The highest BCUT2D eigenvalue weighted by atomic mass is 35.5. The lowest BCUT2D eigenvalue weighted by Crippen LogP contribution is -1.89. The molecule has 0 radical (unpaired) electrons. The zero-order valence-electron chi connectivity index (χ0n) is 9.62. The van der Waals surface area contributed by atoms with E-state index in [1.807, 2.05) is 40.5 Å². The van der Waals surface area contributed by atoms with Crippen molar-refractivity contribution in [3.05, 3.63) is 41.6 Å². The molecule has 7 heteroatoms. The third kappa shape index (κ3) is 2.21. The molecule has 0 aliphatic carbocycles. The van der Waals surface area contributed by atoms with Gasteiger partial charge in [-0.05, 0) is 12.1 Å². The van der Waals surface area contributed by atoms with Crippen LogP contribution in [-0.4, -0.2) is 24.1 Å². The van der Waals surface area contributed by atoms with Crippen molar-refractivity contribution in [2.45, 2.75) is 10.9 Å². The molecule has 3 aromatic rings. The minimum Gasteiger partial charge on any atom is -0.312 e. The smallest absolute Gasteiger partial charge is 0.191 e. The van der Waals surface area contributed by atoms with E-state index in [-0.39, 0.29) is 0 Å². The predicted molar refractivity (Wildman–Crippen MR) is 70.8 cm³/mol. The maximum atomic E-state index is 5.93. The molecule has 3 heterocycles. The average molecular weight is 280 g/mol. The van der Waals surface area contributed by atoms with Crippen LogP contribution in [-0.2, 0) is 12.8 Å². The van der Waals surface area contributed by atoms with Crippen molar-refractivity contribution >= 4 is 29.0 Å². The SMILES string of the molecule is Cn1cnnc1SCc1cn2cc(Cl)ccc2n1. The second-order valence-corrected chi connectivity index (χ2v) is 5.24. The number of aromatic nitrogens is 5. The maximum absolute atomic E-state index is 5.93. The van der Waals surface area contributed by atoms with Gasteiger partial charge < -0.3 is 8.97 Å². The summed E-state index contributed by atoms with van der Waals surface area (Å²) >= 11 is 7.54. The predicted octanol–water partition coefficient (Wildman–Crippen LogP) is 2.41. The first kappa shape index (κ1) is 11.6. The minimum absolute atomic E-state index is 0.701. The van der Waals surface area contributed by atoms with Crippen LogP contribution in [0, 0.1) is 0 Å². The minimum atomic E-state index is 0.701. The molecule has 0 aromatic carbocycles. The Morgan fingerprint density at radius 1 is 1.33 bits per heavy atom. The van der Waals surface area contributed by atoms with E-state index in [0.717, 1.165) is 22.3 Å². The fourth-order valence-electron chi connectivity index (χ4n) is 1.63. The molecule has 0 unspecified atom stereocenters. The van der Waals surface area contributed by atoms with Crippen LogP contribution in [0.5, 0.6) is 0 Å². The van der Waals surface area contributed by atoms with E-state index < -0.39 is 0 Å². The Morgan fingerprint density at radius 3 is 3.00 bits per heavy atom. The molecule has 3 rings (SSSR count). The van der Waals surface area contributed by atoms with E-state index in [0.29, 0.717) is 5.02 Å². The largest absolute Gasteiger partial charge is 0.312 e. The number of aryl methyl sites for hydroxylation is 1. The molecule has 0 saturated heterocycles.